The highest BCUT2D eigenvalue weighted by Gasteiger charge is 2.32. The SMILES string of the molecule is CC(C)CCC(C)NCCN(C)CC1CC1C. The van der Waals surface area contributed by atoms with E-state index < -0.39 is 0 Å². The minimum Gasteiger partial charge on any atom is -0.313 e. The van der Waals surface area contributed by atoms with Crippen LogP contribution in [0.2, 0.25) is 0 Å². The zero-order valence-electron chi connectivity index (χ0n) is 12.5. The van der Waals surface area contributed by atoms with Crippen LogP contribution in [0, 0.1) is 17.8 Å². The molecule has 0 spiro atoms. The molecule has 0 aromatic rings. The van der Waals surface area contributed by atoms with Crippen LogP contribution in [0.25, 0.3) is 0 Å². The third kappa shape index (κ3) is 7.05. The maximum atomic E-state index is 3.63. The monoisotopic (exact) mass is 240 g/mol. The van der Waals surface area contributed by atoms with Crippen LogP contribution in [0.15, 0.2) is 0 Å². The Balaban J connectivity index is 1.94. The molecule has 2 nitrogen and oxygen atoms in total. The first-order valence-corrected chi connectivity index (χ1v) is 7.41. The molecule has 1 N–H and O–H groups in total. The predicted molar refractivity (Wildman–Crippen MR) is 76.3 cm³/mol. The molecule has 17 heavy (non-hydrogen) atoms. The molecule has 1 aliphatic carbocycles. The van der Waals surface area contributed by atoms with Gasteiger partial charge in [-0.15, -0.1) is 0 Å². The molecule has 0 aromatic carbocycles. The summed E-state index contributed by atoms with van der Waals surface area (Å²) in [5.74, 6) is 2.80. The van der Waals surface area contributed by atoms with Crippen molar-refractivity contribution in [2.45, 2.75) is 53.0 Å². The summed E-state index contributed by atoms with van der Waals surface area (Å²) < 4.78 is 0. The van der Waals surface area contributed by atoms with Crippen molar-refractivity contribution in [3.63, 3.8) is 0 Å². The topological polar surface area (TPSA) is 15.3 Å². The lowest BCUT2D eigenvalue weighted by atomic mass is 10.0. The standard InChI is InChI=1S/C15H32N2/c1-12(2)6-7-14(4)16-8-9-17(5)11-15-10-13(15)3/h12-16H,6-11H2,1-5H3. The molecule has 1 aliphatic rings. The summed E-state index contributed by atoms with van der Waals surface area (Å²) in [5, 5.41) is 3.63. The molecule has 0 aliphatic heterocycles. The predicted octanol–water partition coefficient (Wildman–Crippen LogP) is 2.99. The number of rotatable bonds is 9. The Morgan fingerprint density at radius 2 is 1.88 bits per heavy atom. The fraction of sp³-hybridized carbons (Fsp3) is 1.00. The Labute approximate surface area is 108 Å². The third-order valence-electron chi connectivity index (χ3n) is 3.99. The van der Waals surface area contributed by atoms with Gasteiger partial charge in [-0.25, -0.2) is 0 Å². The van der Waals surface area contributed by atoms with Crippen molar-refractivity contribution in [3.8, 4) is 0 Å². The molecule has 2 heteroatoms. The average molecular weight is 240 g/mol. The molecular weight excluding hydrogens is 208 g/mol. The first-order chi connectivity index (χ1) is 7.99. The molecule has 3 unspecified atom stereocenters. The van der Waals surface area contributed by atoms with Gasteiger partial charge in [-0.05, 0) is 51.0 Å². The van der Waals surface area contributed by atoms with Gasteiger partial charge in [0.05, 0.1) is 0 Å². The van der Waals surface area contributed by atoms with E-state index in [2.05, 4.69) is 45.0 Å². The summed E-state index contributed by atoms with van der Waals surface area (Å²) in [5.41, 5.74) is 0. The van der Waals surface area contributed by atoms with Crippen LogP contribution in [-0.2, 0) is 0 Å². The summed E-state index contributed by atoms with van der Waals surface area (Å²) in [6.07, 6.45) is 4.09. The second kappa shape index (κ2) is 7.38. The van der Waals surface area contributed by atoms with Gasteiger partial charge in [0.25, 0.3) is 0 Å². The lowest BCUT2D eigenvalue weighted by Crippen LogP contribution is -2.35. The summed E-state index contributed by atoms with van der Waals surface area (Å²) in [7, 11) is 2.26. The van der Waals surface area contributed by atoms with Crippen LogP contribution in [0.5, 0.6) is 0 Å². The zero-order chi connectivity index (χ0) is 12.8. The van der Waals surface area contributed by atoms with Gasteiger partial charge >= 0.3 is 0 Å². The maximum absolute atomic E-state index is 3.63. The molecule has 0 amide bonds. The molecule has 102 valence electrons. The summed E-state index contributed by atoms with van der Waals surface area (Å²) >= 11 is 0. The summed E-state index contributed by atoms with van der Waals surface area (Å²) in [4.78, 5) is 2.48. The fourth-order valence-electron chi connectivity index (χ4n) is 2.33. The highest BCUT2D eigenvalue weighted by molar-refractivity contribution is 4.84. The fourth-order valence-corrected chi connectivity index (χ4v) is 2.33. The second-order valence-electron chi connectivity index (χ2n) is 6.56. The van der Waals surface area contributed by atoms with Gasteiger partial charge in [0, 0.05) is 25.7 Å². The largest absolute Gasteiger partial charge is 0.313 e. The van der Waals surface area contributed by atoms with E-state index in [0.717, 1.165) is 24.3 Å². The molecule has 0 radical (unpaired) electrons. The van der Waals surface area contributed by atoms with Crippen molar-refractivity contribution in [2.24, 2.45) is 17.8 Å². The Hall–Kier alpha value is -0.0800. The van der Waals surface area contributed by atoms with Gasteiger partial charge in [0.15, 0.2) is 0 Å². The van der Waals surface area contributed by atoms with E-state index in [1.54, 1.807) is 0 Å². The smallest absolute Gasteiger partial charge is 0.0104 e. The van der Waals surface area contributed by atoms with Gasteiger partial charge in [0.2, 0.25) is 0 Å². The van der Waals surface area contributed by atoms with Crippen LogP contribution >= 0.6 is 0 Å². The molecule has 1 rings (SSSR count). The summed E-state index contributed by atoms with van der Waals surface area (Å²) in [6.45, 7) is 12.9. The van der Waals surface area contributed by atoms with Crippen molar-refractivity contribution in [1.82, 2.24) is 10.2 Å². The van der Waals surface area contributed by atoms with E-state index in [-0.39, 0.29) is 0 Å². The van der Waals surface area contributed by atoms with Crippen molar-refractivity contribution in [2.75, 3.05) is 26.7 Å². The quantitative estimate of drug-likeness (QED) is 0.666. The van der Waals surface area contributed by atoms with Crippen molar-refractivity contribution in [3.05, 3.63) is 0 Å². The van der Waals surface area contributed by atoms with Crippen LogP contribution in [0.4, 0.5) is 0 Å². The lowest BCUT2D eigenvalue weighted by molar-refractivity contribution is 0.305. The molecule has 3 atom stereocenters. The van der Waals surface area contributed by atoms with E-state index in [1.165, 1.54) is 32.4 Å². The number of hydrogen-bond acceptors (Lipinski definition) is 2. The number of nitrogens with one attached hydrogen (secondary N) is 1. The van der Waals surface area contributed by atoms with Crippen LogP contribution in [0.1, 0.15) is 47.0 Å². The van der Waals surface area contributed by atoms with Gasteiger partial charge in [-0.2, -0.15) is 0 Å². The Morgan fingerprint density at radius 1 is 1.24 bits per heavy atom. The molecule has 0 heterocycles. The van der Waals surface area contributed by atoms with Crippen molar-refractivity contribution >= 4 is 0 Å². The zero-order valence-corrected chi connectivity index (χ0v) is 12.5. The first-order valence-electron chi connectivity index (χ1n) is 7.41. The Bertz CT molecular complexity index is 203. The Morgan fingerprint density at radius 3 is 2.41 bits per heavy atom. The molecule has 0 bridgehead atoms. The Kier molecular flexibility index (Phi) is 6.50. The lowest BCUT2D eigenvalue weighted by Gasteiger charge is -2.19. The van der Waals surface area contributed by atoms with Crippen LogP contribution < -0.4 is 5.32 Å². The number of hydrogen-bond donors (Lipinski definition) is 1. The van der Waals surface area contributed by atoms with E-state index in [0.29, 0.717) is 6.04 Å². The third-order valence-corrected chi connectivity index (χ3v) is 3.99. The van der Waals surface area contributed by atoms with Gasteiger partial charge in [-0.3, -0.25) is 0 Å². The first kappa shape index (κ1) is 15.0. The van der Waals surface area contributed by atoms with Gasteiger partial charge in [-0.1, -0.05) is 20.8 Å². The second-order valence-corrected chi connectivity index (χ2v) is 6.56. The highest BCUT2D eigenvalue weighted by atomic mass is 15.1. The molecule has 1 fully saturated rings. The normalized spacial score (nSPS) is 25.6. The van der Waals surface area contributed by atoms with Crippen molar-refractivity contribution < 1.29 is 0 Å². The molecule has 1 saturated carbocycles. The molecule has 0 aromatic heterocycles. The summed E-state index contributed by atoms with van der Waals surface area (Å²) in [6, 6.07) is 0.672. The molecule has 0 saturated heterocycles. The van der Waals surface area contributed by atoms with Crippen LogP contribution in [0.3, 0.4) is 0 Å². The van der Waals surface area contributed by atoms with Crippen LogP contribution in [-0.4, -0.2) is 37.6 Å². The van der Waals surface area contributed by atoms with Gasteiger partial charge in [0.1, 0.15) is 0 Å². The van der Waals surface area contributed by atoms with E-state index in [9.17, 15) is 0 Å². The minimum atomic E-state index is 0.672. The minimum absolute atomic E-state index is 0.672. The van der Waals surface area contributed by atoms with Crippen molar-refractivity contribution in [1.29, 1.82) is 0 Å². The average Bonchev–Trinajstić information content (AvgIpc) is 2.91. The highest BCUT2D eigenvalue weighted by Crippen LogP contribution is 2.37. The molecular formula is C15H32N2. The van der Waals surface area contributed by atoms with Gasteiger partial charge < -0.3 is 10.2 Å². The maximum Gasteiger partial charge on any atom is 0.0104 e. The number of nitrogens with zero attached hydrogens (tertiary/aromatic N) is 1. The van der Waals surface area contributed by atoms with E-state index >= 15 is 0 Å². The number of likely N-dealkylation sites (N-methyl/N-ethyl adjacent to an activating group) is 1. The van der Waals surface area contributed by atoms with E-state index in [1.807, 2.05) is 0 Å². The van der Waals surface area contributed by atoms with E-state index in [4.69, 9.17) is 0 Å².